The van der Waals surface area contributed by atoms with E-state index in [1.165, 1.54) is 12.1 Å². The third-order valence-electron chi connectivity index (χ3n) is 8.46. The number of amides is 2. The van der Waals surface area contributed by atoms with E-state index in [-0.39, 0.29) is 31.8 Å². The third-order valence-corrected chi connectivity index (χ3v) is 13.6. The van der Waals surface area contributed by atoms with E-state index in [9.17, 15) is 57.6 Å². The molecule has 1 saturated heterocycles. The fourth-order valence-electron chi connectivity index (χ4n) is 5.70. The summed E-state index contributed by atoms with van der Waals surface area (Å²) in [4.78, 5) is 39.4. The minimum Gasteiger partial charge on any atom is -0.480 e. The molecule has 306 valence electrons. The van der Waals surface area contributed by atoms with Gasteiger partial charge in [-0.2, -0.15) is 4.72 Å². The number of carbonyl (C=O) groups excluding carboxylic acids is 2. The van der Waals surface area contributed by atoms with Gasteiger partial charge in [-0.15, -0.1) is 0 Å². The number of carboxylic acids is 1. The summed E-state index contributed by atoms with van der Waals surface area (Å²) in [6.07, 6.45) is 3.31. The summed E-state index contributed by atoms with van der Waals surface area (Å²) in [7, 11) is -18.9. The Kier molecular flexibility index (Phi) is 14.0. The number of sulfone groups is 3. The number of likely N-dealkylation sites (tertiary alicyclic amines) is 1. The summed E-state index contributed by atoms with van der Waals surface area (Å²) in [5.74, 6) is -2.82. The van der Waals surface area contributed by atoms with Gasteiger partial charge in [-0.05, 0) is 54.8 Å². The highest BCUT2D eigenvalue weighted by Crippen LogP contribution is 2.32. The van der Waals surface area contributed by atoms with Crippen molar-refractivity contribution in [2.24, 2.45) is 0 Å². The van der Waals surface area contributed by atoms with Crippen molar-refractivity contribution in [1.82, 2.24) is 19.9 Å². The number of carbonyl (C=O) groups is 3. The molecular weight excluding hydrogens is 822 g/mol. The maximum Gasteiger partial charge on any atom is 0.323 e. The Hall–Kier alpha value is -4.55. The molecule has 3 atom stereocenters. The van der Waals surface area contributed by atoms with E-state index in [1.807, 2.05) is 0 Å². The Labute approximate surface area is 323 Å². The standard InChI is InChI=1S/C33H40FN5O13S4/c1-53(44,45)25-15-27(54(2,46)47)32(28(16-25)55(3,48)49)56(50,51)38-26(33(42)43)18-37-30(40)20-52-24-14-23(17-36-29-6-4-5-13-35-29)39(19-24)31(41)12-9-21-7-10-22(34)11-8-21/h4-8,10-11,13,15-16,23-24,26,38H,9,12,14,17-20H2,1-3H3,(H,35,36)(H,37,40)(H,42,43). The van der Waals surface area contributed by atoms with Crippen LogP contribution in [-0.4, -0.2) is 130 Å². The van der Waals surface area contributed by atoms with Crippen molar-refractivity contribution in [2.45, 2.75) is 57.0 Å². The number of nitrogens with one attached hydrogen (secondary N) is 3. The molecule has 23 heteroatoms. The second-order valence-electron chi connectivity index (χ2n) is 13.0. The molecule has 18 nitrogen and oxygen atoms in total. The number of hydrogen-bond donors (Lipinski definition) is 4. The van der Waals surface area contributed by atoms with Crippen LogP contribution in [0.5, 0.6) is 0 Å². The van der Waals surface area contributed by atoms with Crippen LogP contribution in [0.3, 0.4) is 0 Å². The molecule has 1 aliphatic rings. The second kappa shape index (κ2) is 17.7. The number of aryl methyl sites for hydroxylation is 1. The van der Waals surface area contributed by atoms with Crippen LogP contribution in [0.4, 0.5) is 10.2 Å². The monoisotopic (exact) mass is 861 g/mol. The van der Waals surface area contributed by atoms with E-state index < -0.39 is 108 Å². The molecular formula is C33H40FN5O13S4. The van der Waals surface area contributed by atoms with Gasteiger partial charge >= 0.3 is 5.97 Å². The lowest BCUT2D eigenvalue weighted by Gasteiger charge is -2.25. The fourth-order valence-corrected chi connectivity index (χ4v) is 11.0. The number of benzene rings is 2. The van der Waals surface area contributed by atoms with Gasteiger partial charge in [0, 0.05) is 51.0 Å². The van der Waals surface area contributed by atoms with E-state index in [1.54, 1.807) is 46.2 Å². The smallest absolute Gasteiger partial charge is 0.323 e. The number of sulfonamides is 1. The zero-order valence-electron chi connectivity index (χ0n) is 30.2. The lowest BCUT2D eigenvalue weighted by Crippen LogP contribution is -2.49. The Morgan fingerprint density at radius 2 is 1.55 bits per heavy atom. The number of rotatable bonds is 18. The number of halogens is 1. The van der Waals surface area contributed by atoms with Gasteiger partial charge < -0.3 is 25.4 Å². The lowest BCUT2D eigenvalue weighted by molar-refractivity contribution is -0.139. The molecule has 2 aromatic carbocycles. The average molecular weight is 862 g/mol. The highest BCUT2D eigenvalue weighted by molar-refractivity contribution is 7.95. The largest absolute Gasteiger partial charge is 0.480 e. The molecule has 1 aliphatic heterocycles. The number of ether oxygens (including phenoxy) is 1. The van der Waals surface area contributed by atoms with Crippen molar-refractivity contribution in [3.63, 3.8) is 0 Å². The number of aliphatic carboxylic acids is 1. The van der Waals surface area contributed by atoms with Crippen LogP contribution in [0.25, 0.3) is 0 Å². The summed E-state index contributed by atoms with van der Waals surface area (Å²) < 4.78 is 123. The van der Waals surface area contributed by atoms with E-state index in [2.05, 4.69) is 15.6 Å². The van der Waals surface area contributed by atoms with Gasteiger partial charge in [0.05, 0.1) is 26.8 Å². The van der Waals surface area contributed by atoms with Gasteiger partial charge in [-0.25, -0.2) is 43.0 Å². The summed E-state index contributed by atoms with van der Waals surface area (Å²) in [5, 5.41) is 15.1. The van der Waals surface area contributed by atoms with Crippen LogP contribution in [0.2, 0.25) is 0 Å². The van der Waals surface area contributed by atoms with Crippen molar-refractivity contribution < 1.29 is 62.3 Å². The summed E-state index contributed by atoms with van der Waals surface area (Å²) >= 11 is 0. The van der Waals surface area contributed by atoms with Crippen LogP contribution in [0, 0.1) is 5.82 Å². The minimum absolute atomic E-state index is 0.0884. The second-order valence-corrected chi connectivity index (χ2v) is 20.6. The molecule has 4 rings (SSSR count). The van der Waals surface area contributed by atoms with Crippen molar-refractivity contribution in [3.8, 4) is 0 Å². The van der Waals surface area contributed by atoms with Crippen LogP contribution >= 0.6 is 0 Å². The minimum atomic E-state index is -5.37. The van der Waals surface area contributed by atoms with Gasteiger partial charge in [0.2, 0.25) is 21.8 Å². The maximum absolute atomic E-state index is 13.5. The Bertz CT molecular complexity index is 2350. The highest BCUT2D eigenvalue weighted by Gasteiger charge is 2.38. The van der Waals surface area contributed by atoms with Gasteiger partial charge in [-0.3, -0.25) is 14.4 Å². The predicted octanol–water partition coefficient (Wildman–Crippen LogP) is 0.00990. The van der Waals surface area contributed by atoms with Crippen LogP contribution in [0.15, 0.2) is 80.4 Å². The first-order valence-electron chi connectivity index (χ1n) is 16.6. The zero-order valence-corrected chi connectivity index (χ0v) is 33.5. The zero-order chi connectivity index (χ0) is 41.6. The number of pyridine rings is 1. The molecule has 3 unspecified atom stereocenters. The molecule has 0 bridgehead atoms. The lowest BCUT2D eigenvalue weighted by atomic mass is 10.1. The Morgan fingerprint density at radius 1 is 0.929 bits per heavy atom. The van der Waals surface area contributed by atoms with Gasteiger partial charge in [-0.1, -0.05) is 18.2 Å². The summed E-state index contributed by atoms with van der Waals surface area (Å²) in [6, 6.07) is 9.32. The number of nitrogens with zero attached hydrogens (tertiary/aromatic N) is 2. The molecule has 2 amide bonds. The first kappa shape index (κ1) is 44.2. The van der Waals surface area contributed by atoms with Crippen molar-refractivity contribution in [1.29, 1.82) is 0 Å². The quantitative estimate of drug-likeness (QED) is 0.131. The van der Waals surface area contributed by atoms with Crippen molar-refractivity contribution in [2.75, 3.05) is 50.3 Å². The molecule has 1 fully saturated rings. The van der Waals surface area contributed by atoms with Gasteiger partial charge in [0.15, 0.2) is 29.5 Å². The molecule has 0 saturated carbocycles. The average Bonchev–Trinajstić information content (AvgIpc) is 3.53. The molecule has 0 aliphatic carbocycles. The highest BCUT2D eigenvalue weighted by atomic mass is 32.2. The van der Waals surface area contributed by atoms with E-state index in [4.69, 9.17) is 4.74 Å². The molecule has 2 heterocycles. The topological polar surface area (TPSA) is 269 Å². The molecule has 0 spiro atoms. The third kappa shape index (κ3) is 12.0. The molecule has 4 N–H and O–H groups in total. The summed E-state index contributed by atoms with van der Waals surface area (Å²) in [6.45, 7) is -1.20. The van der Waals surface area contributed by atoms with Gasteiger partial charge in [0.25, 0.3) is 0 Å². The van der Waals surface area contributed by atoms with Crippen LogP contribution in [0.1, 0.15) is 18.4 Å². The maximum atomic E-state index is 13.5. The SMILES string of the molecule is CS(=O)(=O)c1cc(S(C)(=O)=O)c(S(=O)(=O)NC(CNC(=O)COC2CC(CNc3ccccn3)N(C(=O)CCc3ccc(F)cc3)C2)C(=O)O)c(S(C)(=O)=O)c1. The van der Waals surface area contributed by atoms with Crippen molar-refractivity contribution >= 4 is 63.1 Å². The van der Waals surface area contributed by atoms with Crippen LogP contribution < -0.4 is 15.4 Å². The van der Waals surface area contributed by atoms with Crippen LogP contribution in [-0.2, 0) is 65.1 Å². The molecule has 3 aromatic rings. The molecule has 1 aromatic heterocycles. The van der Waals surface area contributed by atoms with Gasteiger partial charge in [0.1, 0.15) is 29.2 Å². The Balaban J connectivity index is 1.45. The van der Waals surface area contributed by atoms with Crippen molar-refractivity contribution in [3.05, 3.63) is 72.2 Å². The number of hydrogen-bond acceptors (Lipinski definition) is 14. The Morgan fingerprint density at radius 3 is 2.09 bits per heavy atom. The van der Waals surface area contributed by atoms with E-state index in [0.29, 0.717) is 43.1 Å². The number of aromatic nitrogens is 1. The predicted molar refractivity (Wildman–Crippen MR) is 198 cm³/mol. The number of anilines is 1. The first-order valence-corrected chi connectivity index (χ1v) is 23.7. The normalized spacial score (nSPS) is 17.0. The van der Waals surface area contributed by atoms with E-state index >= 15 is 0 Å². The number of carboxylic acid groups (broad SMARTS) is 1. The first-order chi connectivity index (χ1) is 26.0. The fraction of sp³-hybridized carbons (Fsp3) is 0.394. The summed E-state index contributed by atoms with van der Waals surface area (Å²) in [5.41, 5.74) is 0.755. The van der Waals surface area contributed by atoms with E-state index in [0.717, 1.165) is 5.56 Å². The molecule has 0 radical (unpaired) electrons. The molecule has 56 heavy (non-hydrogen) atoms.